The first-order valence-corrected chi connectivity index (χ1v) is 8.16. The zero-order chi connectivity index (χ0) is 19.5. The zero-order valence-corrected chi connectivity index (χ0v) is 15.0. The van der Waals surface area contributed by atoms with Crippen molar-refractivity contribution in [1.29, 1.82) is 0 Å². The topological polar surface area (TPSA) is 78.9 Å². The summed E-state index contributed by atoms with van der Waals surface area (Å²) < 4.78 is 39.0. The molecule has 0 unspecified atom stereocenters. The molecule has 0 aliphatic carbocycles. The van der Waals surface area contributed by atoms with Gasteiger partial charge in [0.2, 0.25) is 5.82 Å². The summed E-state index contributed by atoms with van der Waals surface area (Å²) in [4.78, 5) is 19.1. The highest BCUT2D eigenvalue weighted by molar-refractivity contribution is 5.90. The number of amides is 2. The van der Waals surface area contributed by atoms with E-state index in [1.54, 1.807) is 18.2 Å². The van der Waals surface area contributed by atoms with Gasteiger partial charge in [0.15, 0.2) is 5.82 Å². The van der Waals surface area contributed by atoms with Gasteiger partial charge in [0.25, 0.3) is 0 Å². The molecule has 0 spiro atoms. The SMILES string of the molecule is CC(C)CC(C)(C)NC(=O)NNc1nc(C(F)(F)F)nc2ccccc12. The minimum absolute atomic E-state index is 0.125. The van der Waals surface area contributed by atoms with E-state index in [1.807, 2.05) is 27.7 Å². The predicted molar refractivity (Wildman–Crippen MR) is 93.4 cm³/mol. The van der Waals surface area contributed by atoms with Gasteiger partial charge in [-0.1, -0.05) is 26.0 Å². The van der Waals surface area contributed by atoms with E-state index in [9.17, 15) is 18.0 Å². The standard InChI is InChI=1S/C17H22F3N5O/c1-10(2)9-16(3,4)23-15(26)25-24-13-11-7-5-6-8-12(11)21-14(22-13)17(18,19)20/h5-8,10H,9H2,1-4H3,(H,21,22,24)(H2,23,25,26). The van der Waals surface area contributed by atoms with Gasteiger partial charge in [-0.25, -0.2) is 14.8 Å². The van der Waals surface area contributed by atoms with Crippen molar-refractivity contribution in [1.82, 2.24) is 20.7 Å². The minimum Gasteiger partial charge on any atom is -0.332 e. The third kappa shape index (κ3) is 5.21. The zero-order valence-electron chi connectivity index (χ0n) is 15.0. The van der Waals surface area contributed by atoms with Crippen LogP contribution in [0.4, 0.5) is 23.8 Å². The molecule has 0 aliphatic rings. The third-order valence-corrected chi connectivity index (χ3v) is 3.52. The summed E-state index contributed by atoms with van der Waals surface area (Å²) in [5.41, 5.74) is 4.46. The number of hydrazine groups is 1. The first-order valence-electron chi connectivity index (χ1n) is 8.16. The fraction of sp³-hybridized carbons (Fsp3) is 0.471. The summed E-state index contributed by atoms with van der Waals surface area (Å²) in [6, 6.07) is 5.68. The molecule has 1 heterocycles. The van der Waals surface area contributed by atoms with Crippen LogP contribution in [0.1, 0.15) is 39.9 Å². The van der Waals surface area contributed by atoms with E-state index in [4.69, 9.17) is 0 Å². The third-order valence-electron chi connectivity index (χ3n) is 3.52. The number of carbonyl (C=O) groups excluding carboxylic acids is 1. The molecule has 0 bridgehead atoms. The van der Waals surface area contributed by atoms with E-state index in [-0.39, 0.29) is 11.3 Å². The molecule has 142 valence electrons. The average molecular weight is 369 g/mol. The number of alkyl halides is 3. The van der Waals surface area contributed by atoms with Crippen molar-refractivity contribution in [3.05, 3.63) is 30.1 Å². The van der Waals surface area contributed by atoms with Gasteiger partial charge < -0.3 is 5.32 Å². The van der Waals surface area contributed by atoms with Crippen molar-refractivity contribution in [3.63, 3.8) is 0 Å². The van der Waals surface area contributed by atoms with Crippen LogP contribution >= 0.6 is 0 Å². The molecule has 1 aromatic heterocycles. The lowest BCUT2D eigenvalue weighted by atomic mass is 9.93. The smallest absolute Gasteiger partial charge is 0.332 e. The van der Waals surface area contributed by atoms with Crippen LogP contribution < -0.4 is 16.2 Å². The first kappa shape index (κ1) is 19.7. The Morgan fingerprint density at radius 3 is 2.42 bits per heavy atom. The Hall–Kier alpha value is -2.58. The molecule has 9 heteroatoms. The van der Waals surface area contributed by atoms with Crippen LogP contribution in [0, 0.1) is 5.92 Å². The van der Waals surface area contributed by atoms with Gasteiger partial charge in [0.1, 0.15) is 0 Å². The number of carbonyl (C=O) groups is 1. The average Bonchev–Trinajstić information content (AvgIpc) is 2.49. The van der Waals surface area contributed by atoms with E-state index in [0.29, 0.717) is 11.3 Å². The lowest BCUT2D eigenvalue weighted by Gasteiger charge is -2.28. The second kappa shape index (κ2) is 7.35. The Kier molecular flexibility index (Phi) is 5.58. The maximum absolute atomic E-state index is 13.0. The number of benzene rings is 1. The van der Waals surface area contributed by atoms with E-state index < -0.39 is 23.6 Å². The van der Waals surface area contributed by atoms with E-state index in [2.05, 4.69) is 26.1 Å². The van der Waals surface area contributed by atoms with Crippen molar-refractivity contribution < 1.29 is 18.0 Å². The van der Waals surface area contributed by atoms with Crippen LogP contribution in [0.2, 0.25) is 0 Å². The van der Waals surface area contributed by atoms with Crippen molar-refractivity contribution >= 4 is 22.8 Å². The number of nitrogens with one attached hydrogen (secondary N) is 3. The fourth-order valence-corrected chi connectivity index (χ4v) is 2.82. The van der Waals surface area contributed by atoms with Crippen molar-refractivity contribution in [2.24, 2.45) is 5.92 Å². The number of para-hydroxylation sites is 1. The van der Waals surface area contributed by atoms with Gasteiger partial charge in [-0.2, -0.15) is 13.2 Å². The summed E-state index contributed by atoms with van der Waals surface area (Å²) in [5, 5.41) is 3.14. The maximum atomic E-state index is 13.0. The highest BCUT2D eigenvalue weighted by atomic mass is 19.4. The number of rotatable bonds is 5. The monoisotopic (exact) mass is 369 g/mol. The summed E-state index contributed by atoms with van der Waals surface area (Å²) in [6.07, 6.45) is -3.95. The largest absolute Gasteiger partial charge is 0.451 e. The Morgan fingerprint density at radius 1 is 1.15 bits per heavy atom. The summed E-state index contributed by atoms with van der Waals surface area (Å²) in [6.45, 7) is 7.80. The summed E-state index contributed by atoms with van der Waals surface area (Å²) in [7, 11) is 0. The number of aromatic nitrogens is 2. The Labute approximate surface area is 149 Å². The fourth-order valence-electron chi connectivity index (χ4n) is 2.82. The lowest BCUT2D eigenvalue weighted by Crippen LogP contribution is -2.50. The molecule has 0 saturated heterocycles. The summed E-state index contributed by atoms with van der Waals surface area (Å²) in [5.74, 6) is -1.03. The van der Waals surface area contributed by atoms with E-state index in [1.165, 1.54) is 6.07 Å². The molecule has 2 aromatic rings. The molecule has 2 amide bonds. The number of halogens is 3. The molecule has 0 fully saturated rings. The molecule has 1 aromatic carbocycles. The van der Waals surface area contributed by atoms with Crippen LogP contribution in [0.5, 0.6) is 0 Å². The van der Waals surface area contributed by atoms with Crippen LogP contribution in [0.15, 0.2) is 24.3 Å². The van der Waals surface area contributed by atoms with Crippen LogP contribution in [-0.2, 0) is 6.18 Å². The Bertz CT molecular complexity index is 790. The molecule has 0 saturated carbocycles. The number of fused-ring (bicyclic) bond motifs is 1. The van der Waals surface area contributed by atoms with Gasteiger partial charge in [-0.05, 0) is 38.3 Å². The van der Waals surface area contributed by atoms with Crippen molar-refractivity contribution in [2.45, 2.75) is 45.8 Å². The van der Waals surface area contributed by atoms with Crippen LogP contribution in [0.25, 0.3) is 10.9 Å². The Balaban J connectivity index is 2.18. The highest BCUT2D eigenvalue weighted by Crippen LogP contribution is 2.30. The van der Waals surface area contributed by atoms with Gasteiger partial charge in [-0.15, -0.1) is 0 Å². The summed E-state index contributed by atoms with van der Waals surface area (Å²) >= 11 is 0. The molecule has 6 nitrogen and oxygen atoms in total. The van der Waals surface area contributed by atoms with Gasteiger partial charge in [0, 0.05) is 10.9 Å². The number of hydrogen-bond acceptors (Lipinski definition) is 4. The van der Waals surface area contributed by atoms with Crippen LogP contribution in [0.3, 0.4) is 0 Å². The molecule has 0 atom stereocenters. The Morgan fingerprint density at radius 2 is 1.81 bits per heavy atom. The van der Waals surface area contributed by atoms with Gasteiger partial charge in [0.05, 0.1) is 5.52 Å². The lowest BCUT2D eigenvalue weighted by molar-refractivity contribution is -0.144. The molecule has 3 N–H and O–H groups in total. The minimum atomic E-state index is -4.69. The van der Waals surface area contributed by atoms with E-state index in [0.717, 1.165) is 6.42 Å². The normalized spacial score (nSPS) is 12.3. The molecular weight excluding hydrogens is 347 g/mol. The first-order chi connectivity index (χ1) is 12.0. The maximum Gasteiger partial charge on any atom is 0.451 e. The van der Waals surface area contributed by atoms with Crippen LogP contribution in [-0.4, -0.2) is 21.5 Å². The molecule has 0 aliphatic heterocycles. The molecule has 2 rings (SSSR count). The molecule has 0 radical (unpaired) electrons. The number of nitrogens with zero attached hydrogens (tertiary/aromatic N) is 2. The second-order valence-corrected chi connectivity index (χ2v) is 7.10. The van der Waals surface area contributed by atoms with E-state index >= 15 is 0 Å². The number of hydrogen-bond donors (Lipinski definition) is 3. The van der Waals surface area contributed by atoms with Gasteiger partial charge >= 0.3 is 12.2 Å². The van der Waals surface area contributed by atoms with Crippen molar-refractivity contribution in [2.75, 3.05) is 5.43 Å². The number of urea groups is 1. The second-order valence-electron chi connectivity index (χ2n) is 7.10. The highest BCUT2D eigenvalue weighted by Gasteiger charge is 2.35. The quantitative estimate of drug-likeness (QED) is 0.694. The molecular formula is C17H22F3N5O. The van der Waals surface area contributed by atoms with Crippen molar-refractivity contribution in [3.8, 4) is 0 Å². The predicted octanol–water partition coefficient (Wildman–Crippen LogP) is 4.10. The molecule has 26 heavy (non-hydrogen) atoms. The van der Waals surface area contributed by atoms with Gasteiger partial charge in [-0.3, -0.25) is 10.9 Å². The number of anilines is 1.